The largest absolute Gasteiger partial charge is 0.365 e. The van der Waals surface area contributed by atoms with Crippen molar-refractivity contribution >= 4 is 33.4 Å². The molecule has 10 nitrogen and oxygen atoms in total. The number of hydrogen-bond acceptors (Lipinski definition) is 7. The molecule has 0 atom stereocenters. The van der Waals surface area contributed by atoms with Crippen LogP contribution in [0.2, 0.25) is 0 Å². The minimum Gasteiger partial charge on any atom is -0.365 e. The number of nitrogen functional groups attached to an aromatic ring is 1. The fourth-order valence-electron chi connectivity index (χ4n) is 1.95. The summed E-state index contributed by atoms with van der Waals surface area (Å²) < 4.78 is 30.7. The van der Waals surface area contributed by atoms with Crippen molar-refractivity contribution in [2.75, 3.05) is 28.1 Å². The Bertz CT molecular complexity index is 803. The number of nitrogens with one attached hydrogen (secondary N) is 3. The molecule has 0 unspecified atom stereocenters. The lowest BCUT2D eigenvalue weighted by atomic mass is 10.3. The molecule has 0 bridgehead atoms. The van der Waals surface area contributed by atoms with Gasteiger partial charge in [-0.05, 0) is 35.8 Å². The fraction of sp³-hybridized carbons (Fsp3) is 0.357. The predicted octanol–water partition coefficient (Wildman–Crippen LogP) is 1.17. The molecule has 2 rings (SSSR count). The Morgan fingerprint density at radius 3 is 2.52 bits per heavy atom. The van der Waals surface area contributed by atoms with Gasteiger partial charge in [0.15, 0.2) is 0 Å². The maximum absolute atomic E-state index is 11.8. The highest BCUT2D eigenvalue weighted by atomic mass is 32.2. The first-order chi connectivity index (χ1) is 11.9. The van der Waals surface area contributed by atoms with Gasteiger partial charge in [-0.3, -0.25) is 4.72 Å². The van der Waals surface area contributed by atoms with Crippen molar-refractivity contribution in [1.82, 2.24) is 15.5 Å². The van der Waals surface area contributed by atoms with Crippen LogP contribution >= 0.6 is 0 Å². The van der Waals surface area contributed by atoms with Crippen LogP contribution < -0.4 is 21.1 Å². The van der Waals surface area contributed by atoms with Crippen LogP contribution in [0.4, 0.5) is 22.1 Å². The average Bonchev–Trinajstić information content (AvgIpc) is 2.94. The van der Waals surface area contributed by atoms with Gasteiger partial charge in [0, 0.05) is 24.3 Å². The maximum atomic E-state index is 11.8. The van der Waals surface area contributed by atoms with Gasteiger partial charge in [-0.1, -0.05) is 6.92 Å². The lowest BCUT2D eigenvalue weighted by Gasteiger charge is -2.09. The van der Waals surface area contributed by atoms with Crippen molar-refractivity contribution in [1.29, 1.82) is 0 Å². The topological polar surface area (TPSA) is 152 Å². The number of carbonyl (C=O) groups excluding carboxylic acids is 1. The molecular weight excluding hydrogens is 348 g/mol. The molecule has 1 aromatic heterocycles. The van der Waals surface area contributed by atoms with Crippen LogP contribution in [0, 0.1) is 0 Å². The SMILES string of the molecule is CCCS(=O)(=O)Nc1ccc(NC(=O)NCCc2nc(N)no2)cc1. The number of carbonyl (C=O) groups is 1. The van der Waals surface area contributed by atoms with Crippen molar-refractivity contribution in [2.24, 2.45) is 0 Å². The van der Waals surface area contributed by atoms with Crippen LogP contribution in [0.15, 0.2) is 28.8 Å². The van der Waals surface area contributed by atoms with Crippen molar-refractivity contribution in [2.45, 2.75) is 19.8 Å². The van der Waals surface area contributed by atoms with E-state index in [9.17, 15) is 13.2 Å². The summed E-state index contributed by atoms with van der Waals surface area (Å²) in [5.41, 5.74) is 6.29. The van der Waals surface area contributed by atoms with Gasteiger partial charge >= 0.3 is 6.03 Å². The molecule has 0 radical (unpaired) electrons. The Morgan fingerprint density at radius 2 is 1.92 bits per heavy atom. The molecule has 2 amide bonds. The molecule has 0 aliphatic rings. The molecule has 0 saturated carbocycles. The van der Waals surface area contributed by atoms with E-state index in [1.54, 1.807) is 31.2 Å². The third-order valence-corrected chi connectivity index (χ3v) is 4.49. The van der Waals surface area contributed by atoms with E-state index >= 15 is 0 Å². The molecular formula is C14H20N6O4S. The van der Waals surface area contributed by atoms with Gasteiger partial charge in [-0.25, -0.2) is 13.2 Å². The van der Waals surface area contributed by atoms with Gasteiger partial charge in [0.25, 0.3) is 5.95 Å². The summed E-state index contributed by atoms with van der Waals surface area (Å²) in [7, 11) is -3.34. The Hall–Kier alpha value is -2.82. The minimum atomic E-state index is -3.34. The van der Waals surface area contributed by atoms with Gasteiger partial charge in [0.2, 0.25) is 15.9 Å². The zero-order valence-corrected chi connectivity index (χ0v) is 14.5. The van der Waals surface area contributed by atoms with E-state index < -0.39 is 16.1 Å². The van der Waals surface area contributed by atoms with Gasteiger partial charge in [0.05, 0.1) is 5.75 Å². The van der Waals surface area contributed by atoms with Crippen LogP contribution in [0.1, 0.15) is 19.2 Å². The predicted molar refractivity (Wildman–Crippen MR) is 93.6 cm³/mol. The third-order valence-electron chi connectivity index (χ3n) is 3.00. The minimum absolute atomic E-state index is 0.0501. The number of nitrogens with two attached hydrogens (primary N) is 1. The van der Waals surface area contributed by atoms with Crippen molar-refractivity contribution in [3.63, 3.8) is 0 Å². The lowest BCUT2D eigenvalue weighted by Crippen LogP contribution is -2.30. The molecule has 0 fully saturated rings. The first-order valence-electron chi connectivity index (χ1n) is 7.61. The highest BCUT2D eigenvalue weighted by molar-refractivity contribution is 7.92. The number of sulfonamides is 1. The Labute approximate surface area is 145 Å². The van der Waals surface area contributed by atoms with Crippen LogP contribution in [0.5, 0.6) is 0 Å². The Balaban J connectivity index is 1.79. The first kappa shape index (κ1) is 18.5. The maximum Gasteiger partial charge on any atom is 0.319 e. The zero-order chi connectivity index (χ0) is 18.3. The quantitative estimate of drug-likeness (QED) is 0.545. The summed E-state index contributed by atoms with van der Waals surface area (Å²) in [6, 6.07) is 5.94. The molecule has 136 valence electrons. The Kier molecular flexibility index (Phi) is 6.17. The van der Waals surface area contributed by atoms with Crippen molar-refractivity contribution < 1.29 is 17.7 Å². The molecule has 1 heterocycles. The van der Waals surface area contributed by atoms with Crippen LogP contribution in [-0.4, -0.2) is 36.9 Å². The Morgan fingerprint density at radius 1 is 1.24 bits per heavy atom. The number of urea groups is 1. The van der Waals surface area contributed by atoms with Crippen LogP contribution in [0.25, 0.3) is 0 Å². The molecule has 11 heteroatoms. The van der Waals surface area contributed by atoms with Gasteiger partial charge in [0.1, 0.15) is 0 Å². The van der Waals surface area contributed by atoms with E-state index in [4.69, 9.17) is 10.3 Å². The summed E-state index contributed by atoms with van der Waals surface area (Å²) in [6.45, 7) is 2.08. The third kappa shape index (κ3) is 6.30. The van der Waals surface area contributed by atoms with Gasteiger partial charge in [-0.2, -0.15) is 4.98 Å². The number of amides is 2. The second kappa shape index (κ2) is 8.33. The van der Waals surface area contributed by atoms with E-state index in [2.05, 4.69) is 25.5 Å². The average molecular weight is 368 g/mol. The van der Waals surface area contributed by atoms with E-state index in [1.807, 2.05) is 0 Å². The molecule has 0 aliphatic heterocycles. The molecule has 25 heavy (non-hydrogen) atoms. The second-order valence-corrected chi connectivity index (χ2v) is 7.02. The van der Waals surface area contributed by atoms with E-state index in [0.717, 1.165) is 0 Å². The number of rotatable bonds is 8. The standard InChI is InChI=1S/C14H20N6O4S/c1-2-9-25(22,23)20-11-5-3-10(4-6-11)17-14(21)16-8-7-12-18-13(15)19-24-12/h3-6,20H,2,7-9H2,1H3,(H2,15,19)(H2,16,17,21). The number of nitrogens with zero attached hydrogens (tertiary/aromatic N) is 2. The molecule has 0 aliphatic carbocycles. The van der Waals surface area contributed by atoms with Gasteiger partial charge < -0.3 is 20.9 Å². The molecule has 1 aromatic carbocycles. The van der Waals surface area contributed by atoms with Gasteiger partial charge in [-0.15, -0.1) is 0 Å². The van der Waals surface area contributed by atoms with Crippen molar-refractivity contribution in [3.8, 4) is 0 Å². The molecule has 0 spiro atoms. The summed E-state index contributed by atoms with van der Waals surface area (Å²) in [6.07, 6.45) is 0.890. The van der Waals surface area contributed by atoms with Crippen molar-refractivity contribution in [3.05, 3.63) is 30.2 Å². The highest BCUT2D eigenvalue weighted by Crippen LogP contribution is 2.15. The smallest absolute Gasteiger partial charge is 0.319 e. The van der Waals surface area contributed by atoms with E-state index in [1.165, 1.54) is 0 Å². The number of aromatic nitrogens is 2. The number of anilines is 3. The lowest BCUT2D eigenvalue weighted by molar-refractivity contribution is 0.252. The normalized spacial score (nSPS) is 11.1. The molecule has 5 N–H and O–H groups in total. The second-order valence-electron chi connectivity index (χ2n) is 5.18. The van der Waals surface area contributed by atoms with Crippen LogP contribution in [-0.2, 0) is 16.4 Å². The van der Waals surface area contributed by atoms with E-state index in [0.29, 0.717) is 36.7 Å². The van der Waals surface area contributed by atoms with Crippen LogP contribution in [0.3, 0.4) is 0 Å². The summed E-state index contributed by atoms with van der Waals surface area (Å²) in [5, 5.41) is 8.70. The first-order valence-corrected chi connectivity index (χ1v) is 9.26. The highest BCUT2D eigenvalue weighted by Gasteiger charge is 2.09. The molecule has 2 aromatic rings. The summed E-state index contributed by atoms with van der Waals surface area (Å²) in [4.78, 5) is 15.6. The summed E-state index contributed by atoms with van der Waals surface area (Å²) in [5.74, 6) is 0.441. The summed E-state index contributed by atoms with van der Waals surface area (Å²) >= 11 is 0. The number of hydrogen-bond donors (Lipinski definition) is 4. The van der Waals surface area contributed by atoms with E-state index in [-0.39, 0.29) is 11.7 Å². The number of benzene rings is 1. The zero-order valence-electron chi connectivity index (χ0n) is 13.7. The molecule has 0 saturated heterocycles. The monoisotopic (exact) mass is 368 g/mol. The fourth-order valence-corrected chi connectivity index (χ4v) is 3.08.